The van der Waals surface area contributed by atoms with Crippen molar-refractivity contribution in [2.75, 3.05) is 31.1 Å². The van der Waals surface area contributed by atoms with Crippen LogP contribution in [0.4, 0.5) is 5.69 Å². The molecular weight excluding hydrogens is 297 g/mol. The summed E-state index contributed by atoms with van der Waals surface area (Å²) in [6.07, 6.45) is 0.706. The third-order valence-electron chi connectivity index (χ3n) is 3.47. The second kappa shape index (κ2) is 9.06. The van der Waals surface area contributed by atoms with Gasteiger partial charge in [0.1, 0.15) is 0 Å². The lowest BCUT2D eigenvalue weighted by Crippen LogP contribution is -2.53. The van der Waals surface area contributed by atoms with Crippen molar-refractivity contribution in [1.29, 1.82) is 0 Å². The van der Waals surface area contributed by atoms with Gasteiger partial charge in [-0.1, -0.05) is 25.1 Å². The smallest absolute Gasteiger partial charge is 0.239 e. The number of carbonyl (C=O) groups is 1. The topological polar surface area (TPSA) is 49.6 Å². The van der Waals surface area contributed by atoms with Gasteiger partial charge in [0.05, 0.1) is 6.04 Å². The first-order valence-electron chi connectivity index (χ1n) is 6.56. The van der Waals surface area contributed by atoms with E-state index in [9.17, 15) is 4.79 Å². The zero-order valence-electron chi connectivity index (χ0n) is 11.7. The number of nitrogens with two attached hydrogens (primary N) is 1. The minimum absolute atomic E-state index is 0. The van der Waals surface area contributed by atoms with Gasteiger partial charge in [0.2, 0.25) is 5.91 Å². The summed E-state index contributed by atoms with van der Waals surface area (Å²) in [7, 11) is 0. The van der Waals surface area contributed by atoms with Crippen molar-refractivity contribution < 1.29 is 4.79 Å². The normalized spacial score (nSPS) is 15.9. The molecule has 1 amide bonds. The molecule has 0 unspecified atom stereocenters. The van der Waals surface area contributed by atoms with E-state index in [4.69, 9.17) is 5.73 Å². The number of rotatable bonds is 3. The molecule has 1 aromatic rings. The molecule has 1 aliphatic rings. The molecule has 0 aliphatic carbocycles. The zero-order chi connectivity index (χ0) is 13.0. The molecule has 1 aromatic carbocycles. The Morgan fingerprint density at radius 1 is 1.15 bits per heavy atom. The standard InChI is InChI=1S/C14H21N3O.2ClH/c1-2-13(15)14(18)17-10-8-16(9-11-17)12-6-4-3-5-7-12;;/h3-7,13H,2,8-11,15H2,1H3;2*1H/t13-;;/m0../s1. The van der Waals surface area contributed by atoms with E-state index in [2.05, 4.69) is 17.0 Å². The van der Waals surface area contributed by atoms with Gasteiger partial charge in [0.25, 0.3) is 0 Å². The van der Waals surface area contributed by atoms with Crippen LogP contribution in [0.1, 0.15) is 13.3 Å². The van der Waals surface area contributed by atoms with E-state index in [0.717, 1.165) is 26.2 Å². The maximum Gasteiger partial charge on any atom is 0.239 e. The van der Waals surface area contributed by atoms with Gasteiger partial charge in [-0.25, -0.2) is 0 Å². The predicted molar refractivity (Wildman–Crippen MR) is 88.0 cm³/mol. The molecule has 0 radical (unpaired) electrons. The number of amides is 1. The van der Waals surface area contributed by atoms with Crippen LogP contribution in [-0.2, 0) is 4.79 Å². The summed E-state index contributed by atoms with van der Waals surface area (Å²) in [5, 5.41) is 0. The third kappa shape index (κ3) is 4.54. The van der Waals surface area contributed by atoms with Gasteiger partial charge in [-0.3, -0.25) is 4.79 Å². The van der Waals surface area contributed by atoms with Gasteiger partial charge in [-0.05, 0) is 18.6 Å². The highest BCUT2D eigenvalue weighted by molar-refractivity contribution is 5.85. The van der Waals surface area contributed by atoms with Crippen LogP contribution in [0.3, 0.4) is 0 Å². The molecule has 1 saturated heterocycles. The number of benzene rings is 1. The van der Waals surface area contributed by atoms with Crippen LogP contribution >= 0.6 is 24.8 Å². The van der Waals surface area contributed by atoms with Crippen LogP contribution in [0.25, 0.3) is 0 Å². The number of piperazine rings is 1. The summed E-state index contributed by atoms with van der Waals surface area (Å²) in [5.74, 6) is 0.0882. The van der Waals surface area contributed by atoms with E-state index in [1.54, 1.807) is 0 Å². The van der Waals surface area contributed by atoms with Gasteiger partial charge in [-0.2, -0.15) is 0 Å². The van der Waals surface area contributed by atoms with E-state index in [0.29, 0.717) is 6.42 Å². The molecule has 0 saturated carbocycles. The molecule has 1 heterocycles. The Labute approximate surface area is 133 Å². The zero-order valence-corrected chi connectivity index (χ0v) is 13.3. The summed E-state index contributed by atoms with van der Waals surface area (Å²) in [4.78, 5) is 16.1. The second-order valence-electron chi connectivity index (χ2n) is 4.66. The average molecular weight is 320 g/mol. The van der Waals surface area contributed by atoms with Crippen molar-refractivity contribution in [1.82, 2.24) is 4.90 Å². The number of anilines is 1. The number of para-hydroxylation sites is 1. The number of nitrogens with zero attached hydrogens (tertiary/aromatic N) is 2. The lowest BCUT2D eigenvalue weighted by atomic mass is 10.2. The summed E-state index contributed by atoms with van der Waals surface area (Å²) < 4.78 is 0. The molecule has 6 heteroatoms. The van der Waals surface area contributed by atoms with Gasteiger partial charge >= 0.3 is 0 Å². The first-order chi connectivity index (χ1) is 8.72. The summed E-state index contributed by atoms with van der Waals surface area (Å²) in [5.41, 5.74) is 7.01. The van der Waals surface area contributed by atoms with Gasteiger partial charge < -0.3 is 15.5 Å². The molecule has 1 atom stereocenters. The van der Waals surface area contributed by atoms with Crippen molar-refractivity contribution in [2.24, 2.45) is 5.73 Å². The van der Waals surface area contributed by atoms with E-state index in [1.807, 2.05) is 30.0 Å². The molecule has 2 rings (SSSR count). The first kappa shape index (κ1) is 19.0. The monoisotopic (exact) mass is 319 g/mol. The lowest BCUT2D eigenvalue weighted by molar-refractivity contribution is -0.132. The Morgan fingerprint density at radius 3 is 2.20 bits per heavy atom. The highest BCUT2D eigenvalue weighted by Crippen LogP contribution is 2.15. The van der Waals surface area contributed by atoms with E-state index in [-0.39, 0.29) is 36.8 Å². The lowest BCUT2D eigenvalue weighted by Gasteiger charge is -2.37. The van der Waals surface area contributed by atoms with Gasteiger partial charge in [0.15, 0.2) is 0 Å². The number of carbonyl (C=O) groups excluding carboxylic acids is 1. The first-order valence-corrected chi connectivity index (χ1v) is 6.56. The maximum absolute atomic E-state index is 12.0. The van der Waals surface area contributed by atoms with Crippen LogP contribution in [0.2, 0.25) is 0 Å². The van der Waals surface area contributed by atoms with Crippen molar-refractivity contribution in [2.45, 2.75) is 19.4 Å². The molecule has 4 nitrogen and oxygen atoms in total. The molecule has 114 valence electrons. The molecule has 20 heavy (non-hydrogen) atoms. The summed E-state index contributed by atoms with van der Waals surface area (Å²) >= 11 is 0. The summed E-state index contributed by atoms with van der Waals surface area (Å²) in [6, 6.07) is 9.97. The summed E-state index contributed by atoms with van der Waals surface area (Å²) in [6.45, 7) is 5.24. The fraction of sp³-hybridized carbons (Fsp3) is 0.500. The van der Waals surface area contributed by atoms with E-state index in [1.165, 1.54) is 5.69 Å². The molecule has 1 fully saturated rings. The van der Waals surface area contributed by atoms with Crippen LogP contribution in [0, 0.1) is 0 Å². The van der Waals surface area contributed by atoms with Crippen molar-refractivity contribution in [3.05, 3.63) is 30.3 Å². The second-order valence-corrected chi connectivity index (χ2v) is 4.66. The van der Waals surface area contributed by atoms with Crippen molar-refractivity contribution in [3.8, 4) is 0 Å². The largest absolute Gasteiger partial charge is 0.368 e. The van der Waals surface area contributed by atoms with Crippen LogP contribution in [-0.4, -0.2) is 43.0 Å². The van der Waals surface area contributed by atoms with Crippen LogP contribution < -0.4 is 10.6 Å². The van der Waals surface area contributed by atoms with Crippen LogP contribution in [0.15, 0.2) is 30.3 Å². The number of halogens is 2. The Balaban J connectivity index is 0.00000180. The van der Waals surface area contributed by atoms with E-state index < -0.39 is 0 Å². The van der Waals surface area contributed by atoms with Gasteiger partial charge in [-0.15, -0.1) is 24.8 Å². The fourth-order valence-electron chi connectivity index (χ4n) is 2.23. The Hall–Kier alpha value is -0.970. The third-order valence-corrected chi connectivity index (χ3v) is 3.47. The SMILES string of the molecule is CC[C@H](N)C(=O)N1CCN(c2ccccc2)CC1.Cl.Cl. The fourth-order valence-corrected chi connectivity index (χ4v) is 2.23. The highest BCUT2D eigenvalue weighted by atomic mass is 35.5. The van der Waals surface area contributed by atoms with E-state index >= 15 is 0 Å². The molecule has 0 spiro atoms. The molecular formula is C14H23Cl2N3O. The molecule has 1 aliphatic heterocycles. The average Bonchev–Trinajstić information content (AvgIpc) is 2.47. The minimum atomic E-state index is -0.340. The van der Waals surface area contributed by atoms with Gasteiger partial charge in [0, 0.05) is 31.9 Å². The quantitative estimate of drug-likeness (QED) is 0.926. The Morgan fingerprint density at radius 2 is 1.70 bits per heavy atom. The Bertz CT molecular complexity index is 395. The predicted octanol–water partition coefficient (Wildman–Crippen LogP) is 1.92. The number of hydrogen-bond donors (Lipinski definition) is 1. The molecule has 2 N–H and O–H groups in total. The minimum Gasteiger partial charge on any atom is -0.368 e. The molecule has 0 aromatic heterocycles. The maximum atomic E-state index is 12.0. The highest BCUT2D eigenvalue weighted by Gasteiger charge is 2.24. The number of hydrogen-bond acceptors (Lipinski definition) is 3. The van der Waals surface area contributed by atoms with Crippen molar-refractivity contribution >= 4 is 36.4 Å². The van der Waals surface area contributed by atoms with Crippen LogP contribution in [0.5, 0.6) is 0 Å². The molecule has 0 bridgehead atoms. The van der Waals surface area contributed by atoms with Crippen molar-refractivity contribution in [3.63, 3.8) is 0 Å². The Kier molecular flexibility index (Phi) is 8.62.